The van der Waals surface area contributed by atoms with Crippen LogP contribution in [0.15, 0.2) is 24.3 Å². The van der Waals surface area contributed by atoms with E-state index >= 15 is 0 Å². The molecule has 60 valence electrons. The Morgan fingerprint density at radius 3 is 2.36 bits per heavy atom. The monoisotopic (exact) mass is 153 g/mol. The molecule has 1 rings (SSSR count). The Morgan fingerprint density at radius 2 is 1.82 bits per heavy atom. The summed E-state index contributed by atoms with van der Waals surface area (Å²) in [7, 11) is 1.76. The summed E-state index contributed by atoms with van der Waals surface area (Å²) in [6, 6.07) is 7.31. The molecule has 0 fully saturated rings. The highest BCUT2D eigenvalue weighted by molar-refractivity contribution is 5.66. The first kappa shape index (κ1) is 7.84. The number of para-hydroxylation sites is 2. The Morgan fingerprint density at radius 1 is 1.18 bits per heavy atom. The standard InChI is InChI=1S/C7H11N3O/c1-8-9-6-4-2-3-5-7(6)10-11/h2-5,8-11H,1H3. The van der Waals surface area contributed by atoms with Gasteiger partial charge in [-0.05, 0) is 12.1 Å². The molecule has 0 radical (unpaired) electrons. The Labute approximate surface area is 65.2 Å². The minimum atomic E-state index is 0.641. The van der Waals surface area contributed by atoms with Crippen LogP contribution in [0.1, 0.15) is 0 Å². The van der Waals surface area contributed by atoms with Crippen LogP contribution < -0.4 is 16.3 Å². The van der Waals surface area contributed by atoms with Gasteiger partial charge < -0.3 is 5.43 Å². The van der Waals surface area contributed by atoms with E-state index in [1.54, 1.807) is 13.1 Å². The van der Waals surface area contributed by atoms with Gasteiger partial charge in [0.05, 0.1) is 11.4 Å². The lowest BCUT2D eigenvalue weighted by atomic mass is 10.3. The zero-order chi connectivity index (χ0) is 8.10. The van der Waals surface area contributed by atoms with Crippen molar-refractivity contribution < 1.29 is 5.21 Å². The van der Waals surface area contributed by atoms with Crippen LogP contribution in [-0.2, 0) is 0 Å². The second-order valence-electron chi connectivity index (χ2n) is 2.03. The first-order valence-corrected chi connectivity index (χ1v) is 3.30. The molecule has 0 saturated carbocycles. The van der Waals surface area contributed by atoms with Crippen LogP contribution in [0.25, 0.3) is 0 Å². The van der Waals surface area contributed by atoms with Crippen molar-refractivity contribution in [3.63, 3.8) is 0 Å². The minimum Gasteiger partial charge on any atom is -0.320 e. The Balaban J connectivity index is 2.83. The minimum absolute atomic E-state index is 0.641. The Kier molecular flexibility index (Phi) is 2.71. The number of hydrazine groups is 1. The maximum Gasteiger partial charge on any atom is 0.0846 e. The van der Waals surface area contributed by atoms with E-state index in [2.05, 4.69) is 16.3 Å². The van der Waals surface area contributed by atoms with Crippen LogP contribution in [0.4, 0.5) is 11.4 Å². The zero-order valence-electron chi connectivity index (χ0n) is 6.26. The van der Waals surface area contributed by atoms with Crippen molar-refractivity contribution in [2.45, 2.75) is 0 Å². The van der Waals surface area contributed by atoms with Gasteiger partial charge in [-0.3, -0.25) is 10.7 Å². The quantitative estimate of drug-likeness (QED) is 0.490. The molecule has 4 N–H and O–H groups in total. The number of hydrogen-bond acceptors (Lipinski definition) is 4. The number of hydrogen-bond donors (Lipinski definition) is 4. The lowest BCUT2D eigenvalue weighted by molar-refractivity contribution is 0.389. The van der Waals surface area contributed by atoms with E-state index in [4.69, 9.17) is 5.21 Å². The van der Waals surface area contributed by atoms with Crippen LogP contribution >= 0.6 is 0 Å². The summed E-state index contributed by atoms with van der Waals surface area (Å²) in [4.78, 5) is 0. The molecule has 0 aliphatic rings. The topological polar surface area (TPSA) is 56.3 Å². The predicted molar refractivity (Wildman–Crippen MR) is 44.5 cm³/mol. The molecule has 0 heterocycles. The van der Waals surface area contributed by atoms with Gasteiger partial charge in [0.25, 0.3) is 0 Å². The highest BCUT2D eigenvalue weighted by atomic mass is 16.5. The number of benzene rings is 1. The third kappa shape index (κ3) is 1.83. The summed E-state index contributed by atoms with van der Waals surface area (Å²) in [5.41, 5.74) is 9.13. The summed E-state index contributed by atoms with van der Waals surface area (Å²) in [5.74, 6) is 0. The van der Waals surface area contributed by atoms with Crippen molar-refractivity contribution in [3.8, 4) is 0 Å². The van der Waals surface area contributed by atoms with Crippen LogP contribution in [0.3, 0.4) is 0 Å². The molecule has 0 bridgehead atoms. The third-order valence-electron chi connectivity index (χ3n) is 1.31. The van der Waals surface area contributed by atoms with Crippen molar-refractivity contribution in [2.75, 3.05) is 18.0 Å². The van der Waals surface area contributed by atoms with E-state index in [9.17, 15) is 0 Å². The van der Waals surface area contributed by atoms with Gasteiger partial charge >= 0.3 is 0 Å². The first-order valence-electron chi connectivity index (χ1n) is 3.30. The highest BCUT2D eigenvalue weighted by Gasteiger charge is 1.95. The van der Waals surface area contributed by atoms with Gasteiger partial charge in [-0.1, -0.05) is 12.1 Å². The molecule has 1 aromatic carbocycles. The van der Waals surface area contributed by atoms with E-state index in [0.29, 0.717) is 5.69 Å². The highest BCUT2D eigenvalue weighted by Crippen LogP contribution is 2.18. The van der Waals surface area contributed by atoms with Gasteiger partial charge in [-0.2, -0.15) is 0 Å². The molecule has 1 aromatic rings. The largest absolute Gasteiger partial charge is 0.320 e. The fourth-order valence-electron chi connectivity index (χ4n) is 0.824. The van der Waals surface area contributed by atoms with Crippen molar-refractivity contribution in [3.05, 3.63) is 24.3 Å². The SMILES string of the molecule is CNNc1ccccc1NO. The number of nitrogens with one attached hydrogen (secondary N) is 3. The van der Waals surface area contributed by atoms with Crippen LogP contribution in [-0.4, -0.2) is 12.3 Å². The van der Waals surface area contributed by atoms with Crippen LogP contribution in [0.2, 0.25) is 0 Å². The van der Waals surface area contributed by atoms with E-state index in [-0.39, 0.29) is 0 Å². The molecule has 0 unspecified atom stereocenters. The predicted octanol–water partition coefficient (Wildman–Crippen LogP) is 1.03. The molecule has 0 amide bonds. The fourth-order valence-corrected chi connectivity index (χ4v) is 0.824. The van der Waals surface area contributed by atoms with E-state index in [1.165, 1.54) is 0 Å². The average Bonchev–Trinajstić information content (AvgIpc) is 2.06. The molecule has 4 heteroatoms. The maximum atomic E-state index is 8.63. The van der Waals surface area contributed by atoms with Crippen LogP contribution in [0, 0.1) is 0 Å². The second kappa shape index (κ2) is 3.80. The summed E-state index contributed by atoms with van der Waals surface area (Å²) in [5, 5.41) is 8.63. The van der Waals surface area contributed by atoms with Crippen molar-refractivity contribution in [1.82, 2.24) is 5.43 Å². The summed E-state index contributed by atoms with van der Waals surface area (Å²) < 4.78 is 0. The van der Waals surface area contributed by atoms with E-state index < -0.39 is 0 Å². The summed E-state index contributed by atoms with van der Waals surface area (Å²) in [6.45, 7) is 0. The molecular weight excluding hydrogens is 142 g/mol. The zero-order valence-corrected chi connectivity index (χ0v) is 6.26. The van der Waals surface area contributed by atoms with Crippen molar-refractivity contribution in [1.29, 1.82) is 0 Å². The van der Waals surface area contributed by atoms with Crippen molar-refractivity contribution in [2.24, 2.45) is 0 Å². The third-order valence-corrected chi connectivity index (χ3v) is 1.31. The molecule has 0 aliphatic carbocycles. The molecule has 0 atom stereocenters. The van der Waals surface area contributed by atoms with Gasteiger partial charge in [-0.25, -0.2) is 5.43 Å². The van der Waals surface area contributed by atoms with Gasteiger partial charge in [0.15, 0.2) is 0 Å². The molecule has 11 heavy (non-hydrogen) atoms. The second-order valence-corrected chi connectivity index (χ2v) is 2.03. The average molecular weight is 153 g/mol. The van der Waals surface area contributed by atoms with Crippen molar-refractivity contribution >= 4 is 11.4 Å². The Hall–Kier alpha value is -1.26. The lowest BCUT2D eigenvalue weighted by Crippen LogP contribution is -2.15. The smallest absolute Gasteiger partial charge is 0.0846 e. The fraction of sp³-hybridized carbons (Fsp3) is 0.143. The summed E-state index contributed by atoms with van der Waals surface area (Å²) in [6.07, 6.45) is 0. The molecule has 0 saturated heterocycles. The van der Waals surface area contributed by atoms with Gasteiger partial charge in [-0.15, -0.1) is 0 Å². The molecule has 0 aromatic heterocycles. The van der Waals surface area contributed by atoms with Gasteiger partial charge in [0.2, 0.25) is 0 Å². The van der Waals surface area contributed by atoms with Gasteiger partial charge in [0.1, 0.15) is 0 Å². The van der Waals surface area contributed by atoms with Crippen LogP contribution in [0.5, 0.6) is 0 Å². The normalized spacial score (nSPS) is 9.27. The van der Waals surface area contributed by atoms with E-state index in [0.717, 1.165) is 5.69 Å². The first-order chi connectivity index (χ1) is 5.38. The van der Waals surface area contributed by atoms with Gasteiger partial charge in [0, 0.05) is 7.05 Å². The molecule has 4 nitrogen and oxygen atoms in total. The maximum absolute atomic E-state index is 8.63. The molecule has 0 spiro atoms. The number of rotatable bonds is 3. The molecule has 0 aliphatic heterocycles. The Bertz CT molecular complexity index is 227. The summed E-state index contributed by atoms with van der Waals surface area (Å²) >= 11 is 0. The lowest BCUT2D eigenvalue weighted by Gasteiger charge is -2.08. The molecular formula is C7H11N3O. The number of anilines is 2. The van der Waals surface area contributed by atoms with E-state index in [1.807, 2.05) is 18.2 Å².